The van der Waals surface area contributed by atoms with Crippen molar-refractivity contribution in [3.05, 3.63) is 22.4 Å². The molecule has 0 aliphatic carbocycles. The van der Waals surface area contributed by atoms with Gasteiger partial charge in [0.2, 0.25) is 0 Å². The van der Waals surface area contributed by atoms with Gasteiger partial charge in [-0.3, -0.25) is 0 Å². The van der Waals surface area contributed by atoms with Crippen LogP contribution < -0.4 is 10.0 Å². The molecule has 1 rings (SSSR count). The van der Waals surface area contributed by atoms with E-state index in [1.165, 1.54) is 4.31 Å². The molecule has 2 N–H and O–H groups in total. The topological polar surface area (TPSA) is 61.4 Å². The molecule has 98 valence electrons. The Morgan fingerprint density at radius 3 is 2.82 bits per heavy atom. The highest BCUT2D eigenvalue weighted by molar-refractivity contribution is 7.87. The van der Waals surface area contributed by atoms with Crippen LogP contribution in [0.4, 0.5) is 0 Å². The molecule has 1 heterocycles. The molecule has 0 amide bonds. The third-order valence-electron chi connectivity index (χ3n) is 2.32. The van der Waals surface area contributed by atoms with Crippen molar-refractivity contribution in [3.8, 4) is 0 Å². The molecular formula is C10H19N3O2S2. The van der Waals surface area contributed by atoms with Crippen LogP contribution in [0.15, 0.2) is 17.5 Å². The van der Waals surface area contributed by atoms with Gasteiger partial charge >= 0.3 is 0 Å². The Hall–Kier alpha value is -0.470. The fraction of sp³-hybridized carbons (Fsp3) is 0.600. The van der Waals surface area contributed by atoms with Gasteiger partial charge in [0.15, 0.2) is 0 Å². The van der Waals surface area contributed by atoms with E-state index in [0.29, 0.717) is 13.1 Å². The van der Waals surface area contributed by atoms with Crippen LogP contribution in [0.25, 0.3) is 0 Å². The zero-order chi connectivity index (χ0) is 12.7. The second-order valence-electron chi connectivity index (χ2n) is 3.68. The van der Waals surface area contributed by atoms with E-state index in [9.17, 15) is 8.42 Å². The van der Waals surface area contributed by atoms with E-state index in [-0.39, 0.29) is 0 Å². The standard InChI is InChI=1S/C10H19N3O2S2/c1-11-6-4-7-13(2)17(14,15)12-9-10-5-3-8-16-10/h3,5,8,11-12H,4,6-7,9H2,1-2H3. The number of nitrogens with zero attached hydrogens (tertiary/aromatic N) is 1. The lowest BCUT2D eigenvalue weighted by Gasteiger charge is -2.17. The van der Waals surface area contributed by atoms with E-state index in [1.54, 1.807) is 18.4 Å². The first-order valence-corrected chi connectivity index (χ1v) is 7.76. The predicted molar refractivity (Wildman–Crippen MR) is 71.3 cm³/mol. The summed E-state index contributed by atoms with van der Waals surface area (Å²) in [5, 5.41) is 4.92. The first-order valence-electron chi connectivity index (χ1n) is 5.44. The molecule has 0 bridgehead atoms. The van der Waals surface area contributed by atoms with E-state index in [1.807, 2.05) is 24.6 Å². The van der Waals surface area contributed by atoms with Crippen molar-refractivity contribution >= 4 is 21.5 Å². The van der Waals surface area contributed by atoms with E-state index in [4.69, 9.17) is 0 Å². The van der Waals surface area contributed by atoms with Crippen LogP contribution in [0.1, 0.15) is 11.3 Å². The minimum atomic E-state index is -3.35. The summed E-state index contributed by atoms with van der Waals surface area (Å²) in [6.45, 7) is 1.68. The number of hydrogen-bond donors (Lipinski definition) is 2. The summed E-state index contributed by atoms with van der Waals surface area (Å²) in [4.78, 5) is 1.01. The van der Waals surface area contributed by atoms with Crippen molar-refractivity contribution in [1.82, 2.24) is 14.3 Å². The molecule has 0 aromatic carbocycles. The van der Waals surface area contributed by atoms with Gasteiger partial charge in [0.1, 0.15) is 0 Å². The van der Waals surface area contributed by atoms with Gasteiger partial charge in [-0.05, 0) is 31.5 Å². The summed E-state index contributed by atoms with van der Waals surface area (Å²) in [5.41, 5.74) is 0. The molecular weight excluding hydrogens is 258 g/mol. The molecule has 7 heteroatoms. The Morgan fingerprint density at radius 1 is 1.47 bits per heavy atom. The van der Waals surface area contributed by atoms with Gasteiger partial charge in [-0.1, -0.05) is 6.07 Å². The van der Waals surface area contributed by atoms with Gasteiger partial charge in [-0.15, -0.1) is 11.3 Å². The van der Waals surface area contributed by atoms with Crippen molar-refractivity contribution in [1.29, 1.82) is 0 Å². The van der Waals surface area contributed by atoms with E-state index < -0.39 is 10.2 Å². The molecule has 0 spiro atoms. The number of nitrogens with one attached hydrogen (secondary N) is 2. The maximum atomic E-state index is 11.8. The molecule has 1 aromatic rings. The maximum absolute atomic E-state index is 11.8. The Balaban J connectivity index is 2.39. The Kier molecular flexibility index (Phi) is 6.07. The zero-order valence-corrected chi connectivity index (χ0v) is 11.8. The number of hydrogen-bond acceptors (Lipinski definition) is 4. The van der Waals surface area contributed by atoms with Gasteiger partial charge in [-0.2, -0.15) is 17.4 Å². The largest absolute Gasteiger partial charge is 0.320 e. The average Bonchev–Trinajstić information content (AvgIpc) is 2.79. The Bertz CT molecular complexity index is 403. The van der Waals surface area contributed by atoms with Crippen molar-refractivity contribution in [3.63, 3.8) is 0 Å². The minimum Gasteiger partial charge on any atom is -0.320 e. The third kappa shape index (κ3) is 5.13. The molecule has 0 aliphatic heterocycles. The van der Waals surface area contributed by atoms with Crippen LogP contribution in [0.2, 0.25) is 0 Å². The highest BCUT2D eigenvalue weighted by Gasteiger charge is 2.16. The highest BCUT2D eigenvalue weighted by Crippen LogP contribution is 2.08. The van der Waals surface area contributed by atoms with Gasteiger partial charge < -0.3 is 5.32 Å². The molecule has 0 saturated carbocycles. The van der Waals surface area contributed by atoms with Gasteiger partial charge in [0.25, 0.3) is 10.2 Å². The van der Waals surface area contributed by atoms with Gasteiger partial charge in [-0.25, -0.2) is 0 Å². The molecule has 0 aliphatic rings. The van der Waals surface area contributed by atoms with Crippen LogP contribution in [0.5, 0.6) is 0 Å². The summed E-state index contributed by atoms with van der Waals surface area (Å²) < 4.78 is 27.6. The highest BCUT2D eigenvalue weighted by atomic mass is 32.2. The normalized spacial score (nSPS) is 12.2. The van der Waals surface area contributed by atoms with Crippen molar-refractivity contribution in [2.45, 2.75) is 13.0 Å². The van der Waals surface area contributed by atoms with Crippen molar-refractivity contribution in [2.24, 2.45) is 0 Å². The quantitative estimate of drug-likeness (QED) is 0.685. The summed E-state index contributed by atoms with van der Waals surface area (Å²) in [6.07, 6.45) is 0.799. The molecule has 5 nitrogen and oxygen atoms in total. The lowest BCUT2D eigenvalue weighted by atomic mass is 10.4. The van der Waals surface area contributed by atoms with Crippen LogP contribution >= 0.6 is 11.3 Å². The van der Waals surface area contributed by atoms with Crippen LogP contribution in [0, 0.1) is 0 Å². The predicted octanol–water partition coefficient (Wildman–Crippen LogP) is 0.624. The second-order valence-corrected chi connectivity index (χ2v) is 6.58. The second kappa shape index (κ2) is 7.07. The number of rotatable bonds is 8. The SMILES string of the molecule is CNCCCN(C)S(=O)(=O)NCc1cccs1. The molecule has 0 radical (unpaired) electrons. The lowest BCUT2D eigenvalue weighted by Crippen LogP contribution is -2.38. The van der Waals surface area contributed by atoms with E-state index in [0.717, 1.165) is 17.8 Å². The fourth-order valence-electron chi connectivity index (χ4n) is 1.28. The van der Waals surface area contributed by atoms with E-state index >= 15 is 0 Å². The van der Waals surface area contributed by atoms with Crippen LogP contribution in [-0.2, 0) is 16.8 Å². The lowest BCUT2D eigenvalue weighted by molar-refractivity contribution is 0.448. The molecule has 0 fully saturated rings. The maximum Gasteiger partial charge on any atom is 0.279 e. The summed E-state index contributed by atoms with van der Waals surface area (Å²) in [5.74, 6) is 0. The minimum absolute atomic E-state index is 0.358. The Morgan fingerprint density at radius 2 is 2.24 bits per heavy atom. The smallest absolute Gasteiger partial charge is 0.279 e. The summed E-state index contributed by atoms with van der Waals surface area (Å²) in [7, 11) is 0.0858. The van der Waals surface area contributed by atoms with Crippen molar-refractivity contribution < 1.29 is 8.42 Å². The third-order valence-corrected chi connectivity index (χ3v) is 4.71. The fourth-order valence-corrected chi connectivity index (χ4v) is 2.95. The van der Waals surface area contributed by atoms with Gasteiger partial charge in [0, 0.05) is 25.0 Å². The molecule has 0 unspecified atom stereocenters. The molecule has 1 aromatic heterocycles. The number of thiophene rings is 1. The Labute approximate surface area is 107 Å². The van der Waals surface area contributed by atoms with E-state index in [2.05, 4.69) is 10.0 Å². The van der Waals surface area contributed by atoms with Crippen LogP contribution in [0.3, 0.4) is 0 Å². The summed E-state index contributed by atoms with van der Waals surface area (Å²) >= 11 is 1.54. The summed E-state index contributed by atoms with van der Waals surface area (Å²) in [6, 6.07) is 3.82. The first kappa shape index (κ1) is 14.6. The average molecular weight is 277 g/mol. The van der Waals surface area contributed by atoms with Gasteiger partial charge in [0.05, 0.1) is 0 Å². The molecule has 17 heavy (non-hydrogen) atoms. The first-order chi connectivity index (χ1) is 8.06. The molecule has 0 atom stereocenters. The molecule has 0 saturated heterocycles. The monoisotopic (exact) mass is 277 g/mol. The zero-order valence-electron chi connectivity index (χ0n) is 10.1. The van der Waals surface area contributed by atoms with Crippen LogP contribution in [-0.4, -0.2) is 39.9 Å². The van der Waals surface area contributed by atoms with Crippen molar-refractivity contribution in [2.75, 3.05) is 27.2 Å².